The number of nitrogens with zero attached hydrogens (tertiary/aromatic N) is 9. The molecular formula is C40H29N9. The molecule has 0 aliphatic carbocycles. The fraction of sp³-hybridized carbons (Fsp3) is 0.0750. The van der Waals surface area contributed by atoms with E-state index in [1.54, 1.807) is 0 Å². The first-order chi connectivity index (χ1) is 24.0. The third-order valence-corrected chi connectivity index (χ3v) is 8.05. The third-order valence-electron chi connectivity index (χ3n) is 8.05. The van der Waals surface area contributed by atoms with Crippen molar-refractivity contribution in [2.24, 2.45) is 0 Å². The first kappa shape index (κ1) is 29.8. The molecule has 8 rings (SSSR count). The molecule has 9 heteroatoms. The van der Waals surface area contributed by atoms with Crippen molar-refractivity contribution in [1.82, 2.24) is 44.9 Å². The quantitative estimate of drug-likeness (QED) is 0.178. The molecule has 49 heavy (non-hydrogen) atoms. The number of hydrogen-bond donors (Lipinski definition) is 0. The zero-order valence-electron chi connectivity index (χ0n) is 27.1. The molecule has 0 aliphatic heterocycles. The van der Waals surface area contributed by atoms with Gasteiger partial charge >= 0.3 is 0 Å². The molecule has 0 spiro atoms. The van der Waals surface area contributed by atoms with E-state index >= 15 is 0 Å². The molecule has 0 radical (unpaired) electrons. The summed E-state index contributed by atoms with van der Waals surface area (Å²) in [4.78, 5) is 42.9. The monoisotopic (exact) mass is 635 g/mol. The van der Waals surface area contributed by atoms with Crippen LogP contribution >= 0.6 is 0 Å². The van der Waals surface area contributed by atoms with Gasteiger partial charge in [-0.05, 0) is 49.7 Å². The van der Waals surface area contributed by atoms with Crippen molar-refractivity contribution >= 4 is 10.8 Å². The van der Waals surface area contributed by atoms with Gasteiger partial charge in [-0.25, -0.2) is 44.9 Å². The second-order valence-corrected chi connectivity index (χ2v) is 11.6. The third kappa shape index (κ3) is 6.13. The van der Waals surface area contributed by atoms with Crippen LogP contribution in [0.1, 0.15) is 17.5 Å². The van der Waals surface area contributed by atoms with Crippen LogP contribution in [0.4, 0.5) is 0 Å². The average Bonchev–Trinajstić information content (AvgIpc) is 3.14. The van der Waals surface area contributed by atoms with E-state index in [9.17, 15) is 0 Å². The number of aromatic nitrogens is 9. The normalized spacial score (nSPS) is 11.2. The molecule has 3 heterocycles. The highest BCUT2D eigenvalue weighted by atomic mass is 15.0. The van der Waals surface area contributed by atoms with Crippen LogP contribution in [-0.2, 0) is 0 Å². The van der Waals surface area contributed by atoms with Crippen molar-refractivity contribution in [2.75, 3.05) is 0 Å². The first-order valence-electron chi connectivity index (χ1n) is 15.9. The van der Waals surface area contributed by atoms with Crippen molar-refractivity contribution in [2.45, 2.75) is 20.8 Å². The number of aryl methyl sites for hydroxylation is 3. The highest BCUT2D eigenvalue weighted by molar-refractivity contribution is 5.98. The largest absolute Gasteiger partial charge is 0.219 e. The van der Waals surface area contributed by atoms with Crippen LogP contribution in [-0.4, -0.2) is 44.9 Å². The number of benzene rings is 5. The van der Waals surface area contributed by atoms with Crippen molar-refractivity contribution < 1.29 is 0 Å². The van der Waals surface area contributed by atoms with Crippen LogP contribution in [0.5, 0.6) is 0 Å². The van der Waals surface area contributed by atoms with Crippen LogP contribution in [0.15, 0.2) is 121 Å². The molecular weight excluding hydrogens is 607 g/mol. The smallest absolute Gasteiger partial charge is 0.164 e. The van der Waals surface area contributed by atoms with Crippen LogP contribution in [0, 0.1) is 20.8 Å². The molecule has 0 bridgehead atoms. The molecule has 0 aliphatic rings. The lowest BCUT2D eigenvalue weighted by Crippen LogP contribution is -2.02. The van der Waals surface area contributed by atoms with Crippen LogP contribution in [0.2, 0.25) is 0 Å². The van der Waals surface area contributed by atoms with Crippen LogP contribution in [0.3, 0.4) is 0 Å². The minimum Gasteiger partial charge on any atom is -0.219 e. The average molecular weight is 636 g/mol. The van der Waals surface area contributed by atoms with Gasteiger partial charge in [0.25, 0.3) is 0 Å². The molecule has 0 saturated carbocycles. The van der Waals surface area contributed by atoms with Gasteiger partial charge in [0.15, 0.2) is 34.9 Å². The predicted molar refractivity (Wildman–Crippen MR) is 191 cm³/mol. The zero-order chi connectivity index (χ0) is 33.3. The highest BCUT2D eigenvalue weighted by Gasteiger charge is 2.18. The summed E-state index contributed by atoms with van der Waals surface area (Å²) < 4.78 is 0. The topological polar surface area (TPSA) is 116 Å². The zero-order valence-corrected chi connectivity index (χ0v) is 27.1. The second kappa shape index (κ2) is 12.5. The second-order valence-electron chi connectivity index (χ2n) is 11.6. The van der Waals surface area contributed by atoms with E-state index < -0.39 is 0 Å². The maximum absolute atomic E-state index is 5.03. The van der Waals surface area contributed by atoms with Crippen molar-refractivity contribution in [3.05, 3.63) is 139 Å². The predicted octanol–water partition coefficient (Wildman–Crippen LogP) is 8.32. The molecule has 0 amide bonds. The highest BCUT2D eigenvalue weighted by Crippen LogP contribution is 2.34. The fourth-order valence-corrected chi connectivity index (χ4v) is 5.84. The summed E-state index contributed by atoms with van der Waals surface area (Å²) in [5.41, 5.74) is 5.18. The molecule has 3 aromatic heterocycles. The maximum atomic E-state index is 5.03. The van der Waals surface area contributed by atoms with Gasteiger partial charge in [-0.3, -0.25) is 0 Å². The van der Waals surface area contributed by atoms with E-state index in [2.05, 4.69) is 39.2 Å². The van der Waals surface area contributed by atoms with Crippen molar-refractivity contribution in [3.8, 4) is 68.3 Å². The summed E-state index contributed by atoms with van der Waals surface area (Å²) in [7, 11) is 0. The van der Waals surface area contributed by atoms with Gasteiger partial charge in [0.1, 0.15) is 17.5 Å². The molecule has 0 N–H and O–H groups in total. The number of fused-ring (bicyclic) bond motifs is 1. The number of rotatable bonds is 6. The lowest BCUT2D eigenvalue weighted by atomic mass is 9.99. The summed E-state index contributed by atoms with van der Waals surface area (Å²) in [5.74, 6) is 5.41. The Morgan fingerprint density at radius 2 is 0.735 bits per heavy atom. The summed E-state index contributed by atoms with van der Waals surface area (Å²) >= 11 is 0. The number of hydrogen-bond acceptors (Lipinski definition) is 9. The Bertz CT molecular complexity index is 2400. The lowest BCUT2D eigenvalue weighted by molar-refractivity contribution is 0.928. The van der Waals surface area contributed by atoms with Gasteiger partial charge in [-0.2, -0.15) is 0 Å². The minimum atomic E-state index is 0.554. The Morgan fingerprint density at radius 1 is 0.306 bits per heavy atom. The van der Waals surface area contributed by atoms with Crippen LogP contribution < -0.4 is 0 Å². The molecule has 0 fully saturated rings. The van der Waals surface area contributed by atoms with Gasteiger partial charge < -0.3 is 0 Å². The molecule has 5 aromatic carbocycles. The van der Waals surface area contributed by atoms with E-state index in [1.165, 1.54) is 0 Å². The first-order valence-corrected chi connectivity index (χ1v) is 15.9. The van der Waals surface area contributed by atoms with E-state index in [-0.39, 0.29) is 0 Å². The van der Waals surface area contributed by atoms with E-state index in [4.69, 9.17) is 29.9 Å². The SMILES string of the molecule is Cc1nc(C)nc(-c2cccc(-c3nc(C)nc(-c4cc(-c5nc(-c6ccccc6)nc(-c6ccccc6)n5)cc5ccccc45)n3)c2)n1. The lowest BCUT2D eigenvalue weighted by Gasteiger charge is -2.13. The van der Waals surface area contributed by atoms with Gasteiger partial charge in [-0.15, -0.1) is 0 Å². The summed E-state index contributed by atoms with van der Waals surface area (Å²) in [6, 6.07) is 40.2. The maximum Gasteiger partial charge on any atom is 0.164 e. The Labute approximate surface area is 283 Å². The minimum absolute atomic E-state index is 0.554. The molecule has 8 aromatic rings. The van der Waals surface area contributed by atoms with Gasteiger partial charge in [0.2, 0.25) is 0 Å². The van der Waals surface area contributed by atoms with Gasteiger partial charge in [0.05, 0.1) is 0 Å². The summed E-state index contributed by atoms with van der Waals surface area (Å²) in [6.45, 7) is 5.61. The molecule has 0 saturated heterocycles. The van der Waals surface area contributed by atoms with E-state index in [1.807, 2.05) is 118 Å². The van der Waals surface area contributed by atoms with E-state index in [0.717, 1.165) is 44.2 Å². The Balaban J connectivity index is 1.29. The molecule has 0 atom stereocenters. The van der Waals surface area contributed by atoms with E-state index in [0.29, 0.717) is 52.4 Å². The standard InChI is InChI=1S/C40H29N9/c1-24-41-25(2)43-37(42-24)30-18-12-19-31(22-30)38-44-26(3)45-40(49-38)34-23-32(21-29-17-10-11-20-33(29)34)39-47-35(27-13-6-4-7-14-27)46-36(48-39)28-15-8-5-9-16-28/h4-23H,1-3H3. The molecule has 9 nitrogen and oxygen atoms in total. The molecule has 0 unspecified atom stereocenters. The van der Waals surface area contributed by atoms with Crippen molar-refractivity contribution in [3.63, 3.8) is 0 Å². The van der Waals surface area contributed by atoms with Crippen LogP contribution in [0.25, 0.3) is 79.1 Å². The molecule has 234 valence electrons. The Morgan fingerprint density at radius 3 is 1.35 bits per heavy atom. The van der Waals surface area contributed by atoms with Gasteiger partial charge in [0, 0.05) is 33.4 Å². The Kier molecular flexibility index (Phi) is 7.62. The summed E-state index contributed by atoms with van der Waals surface area (Å²) in [5, 5.41) is 2.02. The summed E-state index contributed by atoms with van der Waals surface area (Å²) in [6.07, 6.45) is 0. The van der Waals surface area contributed by atoms with Crippen molar-refractivity contribution in [1.29, 1.82) is 0 Å². The fourth-order valence-electron chi connectivity index (χ4n) is 5.84. The Hall–Kier alpha value is -6.61. The van der Waals surface area contributed by atoms with Gasteiger partial charge in [-0.1, -0.05) is 103 Å².